The molecule has 2 fully saturated rings. The molecular weight excluding hydrogens is 382 g/mol. The lowest BCUT2D eigenvalue weighted by Crippen LogP contribution is -2.60. The Hall–Kier alpha value is -1.46. The van der Waals surface area contributed by atoms with Gasteiger partial charge in [0.1, 0.15) is 12.3 Å². The summed E-state index contributed by atoms with van der Waals surface area (Å²) in [4.78, 5) is 41.2. The third-order valence-corrected chi connectivity index (χ3v) is 8.02. The summed E-state index contributed by atoms with van der Waals surface area (Å²) in [6.45, 7) is 2.53. The number of carbonyl (C=O) groups is 3. The monoisotopic (exact) mass is 403 g/mol. The molecule has 144 valence electrons. The molecule has 1 amide bonds. The van der Waals surface area contributed by atoms with E-state index in [-0.39, 0.29) is 35.5 Å². The molecule has 3 aliphatic heterocycles. The number of carboxylic acid groups (broad SMARTS) is 1. The van der Waals surface area contributed by atoms with Crippen molar-refractivity contribution in [2.75, 3.05) is 26.7 Å². The van der Waals surface area contributed by atoms with Crippen LogP contribution in [0, 0.1) is 5.92 Å². The minimum atomic E-state index is -1.17. The molecule has 3 aliphatic rings. The van der Waals surface area contributed by atoms with Crippen molar-refractivity contribution in [2.45, 2.75) is 34.2 Å². The second-order valence-corrected chi connectivity index (χ2v) is 9.73. The number of carboxylic acids is 1. The van der Waals surface area contributed by atoms with Gasteiger partial charge < -0.3 is 25.2 Å². The van der Waals surface area contributed by atoms with Crippen LogP contribution in [0.25, 0.3) is 0 Å². The number of aliphatic imine (C=N–C) groups is 1. The van der Waals surface area contributed by atoms with Gasteiger partial charge in [-0.2, -0.15) is 0 Å². The van der Waals surface area contributed by atoms with Crippen LogP contribution in [0.1, 0.15) is 13.3 Å². The molecule has 11 heteroatoms. The summed E-state index contributed by atoms with van der Waals surface area (Å²) in [5.74, 6) is -1.58. The molecule has 0 aliphatic carbocycles. The van der Waals surface area contributed by atoms with Crippen molar-refractivity contribution in [3.8, 4) is 0 Å². The zero-order valence-electron chi connectivity index (χ0n) is 14.4. The van der Waals surface area contributed by atoms with Gasteiger partial charge in [0.2, 0.25) is 5.91 Å². The highest BCUT2D eigenvalue weighted by atomic mass is 32.2. The van der Waals surface area contributed by atoms with E-state index in [0.29, 0.717) is 18.9 Å². The molecule has 0 saturated carbocycles. The van der Waals surface area contributed by atoms with E-state index >= 15 is 0 Å². The smallest absolute Gasteiger partial charge is 0.332 e. The lowest BCUT2D eigenvalue weighted by molar-refractivity contribution is -0.155. The predicted molar refractivity (Wildman–Crippen MR) is 96.9 cm³/mol. The van der Waals surface area contributed by atoms with Crippen LogP contribution in [0.5, 0.6) is 0 Å². The molecular formula is C15H21N3O6S2. The normalized spacial score (nSPS) is 34.3. The van der Waals surface area contributed by atoms with Crippen LogP contribution in [0.2, 0.25) is 0 Å². The first-order chi connectivity index (χ1) is 12.3. The quantitative estimate of drug-likeness (QED) is 0.391. The van der Waals surface area contributed by atoms with E-state index < -0.39 is 22.1 Å². The summed E-state index contributed by atoms with van der Waals surface area (Å²) >= 11 is 2.50. The van der Waals surface area contributed by atoms with Crippen molar-refractivity contribution in [2.24, 2.45) is 10.9 Å². The molecule has 3 N–H and O–H groups in total. The minimum Gasteiger partial charge on any atom is -0.480 e. The number of amides is 1. The second kappa shape index (κ2) is 7.28. The molecule has 2 saturated heterocycles. The number of aliphatic hydroxyl groups is 1. The van der Waals surface area contributed by atoms with E-state index in [2.05, 4.69) is 15.0 Å². The number of fused-ring (bicyclic) bond motifs is 1. The summed E-state index contributed by atoms with van der Waals surface area (Å²) in [7, 11) is 1.31. The molecule has 0 aromatic carbocycles. The molecule has 4 unspecified atom stereocenters. The summed E-state index contributed by atoms with van der Waals surface area (Å²) in [6, 6.07) is 0. The first kappa shape index (κ1) is 19.3. The number of β-lactam (4-membered cyclic amide) rings is 1. The van der Waals surface area contributed by atoms with Gasteiger partial charge in [0.05, 0.1) is 37.6 Å². The number of aliphatic carboxylic acids is 1. The van der Waals surface area contributed by atoms with Crippen LogP contribution in [0.4, 0.5) is 0 Å². The first-order valence-electron chi connectivity index (χ1n) is 8.19. The lowest BCUT2D eigenvalue weighted by Gasteiger charge is -2.42. The van der Waals surface area contributed by atoms with Crippen molar-refractivity contribution in [1.29, 1.82) is 0 Å². The van der Waals surface area contributed by atoms with Gasteiger partial charge in [-0.15, -0.1) is 23.5 Å². The van der Waals surface area contributed by atoms with Crippen LogP contribution in [-0.4, -0.2) is 86.3 Å². The molecule has 0 spiro atoms. The summed E-state index contributed by atoms with van der Waals surface area (Å²) < 4.78 is 3.43. The fourth-order valence-corrected chi connectivity index (χ4v) is 6.83. The molecule has 0 bridgehead atoms. The average Bonchev–Trinajstić information content (AvgIpc) is 2.92. The average molecular weight is 403 g/mol. The van der Waals surface area contributed by atoms with Gasteiger partial charge in [-0.1, -0.05) is 0 Å². The number of esters is 1. The maximum absolute atomic E-state index is 12.1. The molecule has 3 heterocycles. The number of thioether (sulfide) groups is 2. The summed E-state index contributed by atoms with van der Waals surface area (Å²) in [5, 5.41) is 22.2. The standard InChI is InChI=1S/C15H21N3O6S2/c1-7(19)11-12(21)18-6-15(14(22)23,26-13(11)18)25-8-4-16-9(17-5-8)3-10(20)24-2/h7-8,11,13,19H,3-6H2,1-2H3,(H,16,17)(H,22,23)/t7?,11?,13-,15?/m1/s1. The van der Waals surface area contributed by atoms with E-state index in [0.717, 1.165) is 0 Å². The second-order valence-electron chi connectivity index (χ2n) is 6.46. The van der Waals surface area contributed by atoms with Crippen LogP contribution in [-0.2, 0) is 19.1 Å². The molecule has 9 nitrogen and oxygen atoms in total. The topological polar surface area (TPSA) is 129 Å². The van der Waals surface area contributed by atoms with Crippen molar-refractivity contribution in [3.05, 3.63) is 0 Å². The molecule has 5 atom stereocenters. The number of amidine groups is 1. The van der Waals surface area contributed by atoms with Crippen molar-refractivity contribution in [1.82, 2.24) is 10.2 Å². The Morgan fingerprint density at radius 2 is 2.31 bits per heavy atom. The number of aliphatic hydroxyl groups excluding tert-OH is 1. The Balaban J connectivity index is 1.65. The number of ether oxygens (including phenoxy) is 1. The molecule has 26 heavy (non-hydrogen) atoms. The molecule has 0 aromatic heterocycles. The highest BCUT2D eigenvalue weighted by Gasteiger charge is 2.63. The zero-order chi connectivity index (χ0) is 19.1. The third-order valence-electron chi connectivity index (χ3n) is 4.63. The van der Waals surface area contributed by atoms with Crippen LogP contribution < -0.4 is 5.32 Å². The SMILES string of the molecule is COC(=O)CC1=NCC(SC2(C(=O)O)CN3C(=O)C(C(C)O)[C@H]3S2)CN1. The van der Waals surface area contributed by atoms with E-state index in [9.17, 15) is 24.6 Å². The van der Waals surface area contributed by atoms with E-state index in [1.54, 1.807) is 6.92 Å². The number of hydrogen-bond acceptors (Lipinski definition) is 9. The highest BCUT2D eigenvalue weighted by Crippen LogP contribution is 2.56. The van der Waals surface area contributed by atoms with Gasteiger partial charge in [-0.3, -0.25) is 14.6 Å². The van der Waals surface area contributed by atoms with Crippen LogP contribution in [0.3, 0.4) is 0 Å². The van der Waals surface area contributed by atoms with Crippen molar-refractivity contribution in [3.63, 3.8) is 0 Å². The van der Waals surface area contributed by atoms with E-state index in [1.165, 1.54) is 35.5 Å². The highest BCUT2D eigenvalue weighted by molar-refractivity contribution is 8.20. The number of nitrogens with zero attached hydrogens (tertiary/aromatic N) is 2. The lowest BCUT2D eigenvalue weighted by atomic mass is 9.93. The molecule has 0 radical (unpaired) electrons. The number of hydrogen-bond donors (Lipinski definition) is 3. The van der Waals surface area contributed by atoms with Gasteiger partial charge in [0.25, 0.3) is 0 Å². The Labute approximate surface area is 158 Å². The Bertz CT molecular complexity index is 657. The fraction of sp³-hybridized carbons (Fsp3) is 0.733. The zero-order valence-corrected chi connectivity index (χ0v) is 16.0. The predicted octanol–water partition coefficient (Wildman–Crippen LogP) is -0.654. The van der Waals surface area contributed by atoms with E-state index in [1.807, 2.05) is 0 Å². The first-order valence-corrected chi connectivity index (χ1v) is 9.95. The summed E-state index contributed by atoms with van der Waals surface area (Å²) in [6.07, 6.45) is -0.736. The minimum absolute atomic E-state index is 0.0626. The number of methoxy groups -OCH3 is 1. The van der Waals surface area contributed by atoms with Gasteiger partial charge >= 0.3 is 11.9 Å². The van der Waals surface area contributed by atoms with Gasteiger partial charge in [0, 0.05) is 11.8 Å². The Kier molecular flexibility index (Phi) is 5.40. The number of carbonyl (C=O) groups excluding carboxylic acids is 2. The molecule has 0 aromatic rings. The maximum atomic E-state index is 12.1. The Morgan fingerprint density at radius 1 is 1.58 bits per heavy atom. The van der Waals surface area contributed by atoms with E-state index in [4.69, 9.17) is 0 Å². The third kappa shape index (κ3) is 3.39. The van der Waals surface area contributed by atoms with Gasteiger partial charge in [-0.25, -0.2) is 4.79 Å². The Morgan fingerprint density at radius 3 is 2.85 bits per heavy atom. The van der Waals surface area contributed by atoms with Crippen LogP contribution in [0.15, 0.2) is 4.99 Å². The van der Waals surface area contributed by atoms with Crippen molar-refractivity contribution < 1.29 is 29.3 Å². The van der Waals surface area contributed by atoms with Gasteiger partial charge in [-0.05, 0) is 6.92 Å². The maximum Gasteiger partial charge on any atom is 0.332 e. The van der Waals surface area contributed by atoms with Gasteiger partial charge in [0.15, 0.2) is 4.08 Å². The van der Waals surface area contributed by atoms with Crippen molar-refractivity contribution >= 4 is 47.2 Å². The number of nitrogens with one attached hydrogen (secondary N) is 1. The molecule has 3 rings (SSSR count). The largest absolute Gasteiger partial charge is 0.480 e. The van der Waals surface area contributed by atoms with Crippen LogP contribution >= 0.6 is 23.5 Å². The fourth-order valence-electron chi connectivity index (χ4n) is 3.23. The number of rotatable bonds is 6. The summed E-state index contributed by atoms with van der Waals surface area (Å²) in [5.41, 5.74) is 0.